The second-order valence-electron chi connectivity index (χ2n) is 3.16. The minimum Gasteiger partial charge on any atom is -0.376 e. The highest BCUT2D eigenvalue weighted by Gasteiger charge is 2.01. The predicted molar refractivity (Wildman–Crippen MR) is 53.6 cm³/mol. The lowest BCUT2D eigenvalue weighted by Crippen LogP contribution is -1.90. The summed E-state index contributed by atoms with van der Waals surface area (Å²) in [7, 11) is 0. The summed E-state index contributed by atoms with van der Waals surface area (Å²) < 4.78 is 18.1. The second-order valence-corrected chi connectivity index (χ2v) is 3.16. The van der Waals surface area contributed by atoms with E-state index < -0.39 is 0 Å². The number of nitrogens with one attached hydrogen (secondary N) is 1. The van der Waals surface area contributed by atoms with Crippen LogP contribution in [-0.2, 0) is 11.3 Å². The van der Waals surface area contributed by atoms with Gasteiger partial charge in [0.25, 0.3) is 0 Å². The molecule has 1 aromatic carbocycles. The van der Waals surface area contributed by atoms with Gasteiger partial charge in [0.15, 0.2) is 0 Å². The van der Waals surface area contributed by atoms with E-state index in [4.69, 9.17) is 4.74 Å². The molecule has 2 aromatic rings. The molecule has 3 heteroatoms. The van der Waals surface area contributed by atoms with Crippen molar-refractivity contribution in [3.63, 3.8) is 0 Å². The van der Waals surface area contributed by atoms with Gasteiger partial charge in [0.2, 0.25) is 0 Å². The first kappa shape index (κ1) is 9.21. The molecule has 0 atom stereocenters. The zero-order chi connectivity index (χ0) is 9.97. The number of halogens is 1. The Kier molecular flexibility index (Phi) is 2.50. The van der Waals surface area contributed by atoms with Gasteiger partial charge in [-0.2, -0.15) is 0 Å². The standard InChI is InChI=1S/C11H12FNO/c1-2-14-7-10-6-8-5-9(12)3-4-11(8)13-10/h3-6,13H,2,7H2,1H3. The van der Waals surface area contributed by atoms with Gasteiger partial charge >= 0.3 is 0 Å². The van der Waals surface area contributed by atoms with Crippen LogP contribution in [0.15, 0.2) is 24.3 Å². The molecular weight excluding hydrogens is 181 g/mol. The van der Waals surface area contributed by atoms with Crippen molar-refractivity contribution in [3.8, 4) is 0 Å². The molecule has 2 rings (SSSR count). The summed E-state index contributed by atoms with van der Waals surface area (Å²) >= 11 is 0. The van der Waals surface area contributed by atoms with Gasteiger partial charge < -0.3 is 9.72 Å². The van der Waals surface area contributed by atoms with Gasteiger partial charge in [-0.1, -0.05) is 0 Å². The van der Waals surface area contributed by atoms with E-state index in [9.17, 15) is 4.39 Å². The van der Waals surface area contributed by atoms with Crippen LogP contribution in [0, 0.1) is 5.82 Å². The molecule has 0 amide bonds. The minimum absolute atomic E-state index is 0.209. The van der Waals surface area contributed by atoms with Crippen LogP contribution in [0.25, 0.3) is 10.9 Å². The Morgan fingerprint density at radius 3 is 3.00 bits per heavy atom. The van der Waals surface area contributed by atoms with Crippen LogP contribution in [-0.4, -0.2) is 11.6 Å². The third-order valence-corrected chi connectivity index (χ3v) is 2.10. The maximum absolute atomic E-state index is 12.9. The van der Waals surface area contributed by atoms with E-state index in [1.807, 2.05) is 13.0 Å². The molecule has 0 bridgehead atoms. The fourth-order valence-corrected chi connectivity index (χ4v) is 1.45. The largest absolute Gasteiger partial charge is 0.376 e. The predicted octanol–water partition coefficient (Wildman–Crippen LogP) is 2.84. The molecule has 2 nitrogen and oxygen atoms in total. The van der Waals surface area contributed by atoms with E-state index >= 15 is 0 Å². The maximum Gasteiger partial charge on any atom is 0.123 e. The number of hydrogen-bond acceptors (Lipinski definition) is 1. The monoisotopic (exact) mass is 193 g/mol. The lowest BCUT2D eigenvalue weighted by Gasteiger charge is -1.95. The van der Waals surface area contributed by atoms with Gasteiger partial charge in [-0.25, -0.2) is 4.39 Å². The summed E-state index contributed by atoms with van der Waals surface area (Å²) in [5.74, 6) is -0.209. The molecule has 0 spiro atoms. The summed E-state index contributed by atoms with van der Waals surface area (Å²) in [4.78, 5) is 3.17. The van der Waals surface area contributed by atoms with Gasteiger partial charge in [-0.3, -0.25) is 0 Å². The first-order valence-corrected chi connectivity index (χ1v) is 4.64. The number of fused-ring (bicyclic) bond motifs is 1. The highest BCUT2D eigenvalue weighted by atomic mass is 19.1. The van der Waals surface area contributed by atoms with Gasteiger partial charge in [-0.15, -0.1) is 0 Å². The topological polar surface area (TPSA) is 25.0 Å². The number of aromatic nitrogens is 1. The van der Waals surface area contributed by atoms with Crippen LogP contribution < -0.4 is 0 Å². The summed E-state index contributed by atoms with van der Waals surface area (Å²) in [6.45, 7) is 3.18. The number of aromatic amines is 1. The Balaban J connectivity index is 2.32. The van der Waals surface area contributed by atoms with E-state index in [1.165, 1.54) is 12.1 Å². The fraction of sp³-hybridized carbons (Fsp3) is 0.273. The van der Waals surface area contributed by atoms with E-state index in [0.29, 0.717) is 13.2 Å². The molecular formula is C11H12FNO. The molecule has 0 aliphatic carbocycles. The van der Waals surface area contributed by atoms with Crippen molar-refractivity contribution in [1.29, 1.82) is 0 Å². The van der Waals surface area contributed by atoms with Crippen molar-refractivity contribution in [2.45, 2.75) is 13.5 Å². The number of rotatable bonds is 3. The quantitative estimate of drug-likeness (QED) is 0.796. The summed E-state index contributed by atoms with van der Waals surface area (Å²) in [6.07, 6.45) is 0. The zero-order valence-corrected chi connectivity index (χ0v) is 8.01. The Morgan fingerprint density at radius 2 is 2.21 bits per heavy atom. The van der Waals surface area contributed by atoms with E-state index in [2.05, 4.69) is 4.98 Å². The van der Waals surface area contributed by atoms with Crippen LogP contribution in [0.2, 0.25) is 0 Å². The van der Waals surface area contributed by atoms with Gasteiger partial charge in [0.1, 0.15) is 5.82 Å². The molecule has 1 aromatic heterocycles. The molecule has 0 aliphatic heterocycles. The first-order chi connectivity index (χ1) is 6.79. The van der Waals surface area contributed by atoms with Crippen LogP contribution in [0.5, 0.6) is 0 Å². The molecule has 0 radical (unpaired) electrons. The number of hydrogen-bond donors (Lipinski definition) is 1. The summed E-state index contributed by atoms with van der Waals surface area (Å²) in [5.41, 5.74) is 1.92. The van der Waals surface area contributed by atoms with Crippen LogP contribution in [0.3, 0.4) is 0 Å². The van der Waals surface area contributed by atoms with Crippen molar-refractivity contribution < 1.29 is 9.13 Å². The maximum atomic E-state index is 12.9. The Morgan fingerprint density at radius 1 is 1.36 bits per heavy atom. The van der Waals surface area contributed by atoms with Crippen LogP contribution in [0.4, 0.5) is 4.39 Å². The summed E-state index contributed by atoms with van der Waals surface area (Å²) in [5, 5.41) is 0.889. The average Bonchev–Trinajstić information content (AvgIpc) is 2.56. The first-order valence-electron chi connectivity index (χ1n) is 4.64. The molecule has 1 N–H and O–H groups in total. The lowest BCUT2D eigenvalue weighted by atomic mass is 10.2. The van der Waals surface area contributed by atoms with E-state index in [0.717, 1.165) is 16.6 Å². The van der Waals surface area contributed by atoms with Crippen molar-refractivity contribution in [3.05, 3.63) is 35.8 Å². The number of ether oxygens (including phenoxy) is 1. The average molecular weight is 193 g/mol. The third kappa shape index (κ3) is 1.77. The molecule has 74 valence electrons. The smallest absolute Gasteiger partial charge is 0.123 e. The Labute approximate surface area is 81.7 Å². The van der Waals surface area contributed by atoms with Crippen molar-refractivity contribution in [1.82, 2.24) is 4.98 Å². The lowest BCUT2D eigenvalue weighted by molar-refractivity contribution is 0.132. The molecule has 1 heterocycles. The SMILES string of the molecule is CCOCc1cc2cc(F)ccc2[nH]1. The molecule has 0 fully saturated rings. The summed E-state index contributed by atoms with van der Waals surface area (Å²) in [6, 6.07) is 6.61. The van der Waals surface area contributed by atoms with Gasteiger partial charge in [-0.05, 0) is 31.2 Å². The van der Waals surface area contributed by atoms with Crippen LogP contribution >= 0.6 is 0 Å². The Bertz CT molecular complexity index is 436. The van der Waals surface area contributed by atoms with Gasteiger partial charge in [0, 0.05) is 23.2 Å². The highest BCUT2D eigenvalue weighted by molar-refractivity contribution is 5.80. The van der Waals surface area contributed by atoms with Crippen molar-refractivity contribution >= 4 is 10.9 Å². The molecule has 14 heavy (non-hydrogen) atoms. The van der Waals surface area contributed by atoms with Crippen molar-refractivity contribution in [2.75, 3.05) is 6.61 Å². The molecule has 0 saturated carbocycles. The molecule has 0 unspecified atom stereocenters. The van der Waals surface area contributed by atoms with E-state index in [-0.39, 0.29) is 5.82 Å². The zero-order valence-electron chi connectivity index (χ0n) is 8.01. The third-order valence-electron chi connectivity index (χ3n) is 2.10. The fourth-order valence-electron chi connectivity index (χ4n) is 1.45. The Hall–Kier alpha value is -1.35. The van der Waals surface area contributed by atoms with Gasteiger partial charge in [0.05, 0.1) is 6.61 Å². The molecule has 0 aliphatic rings. The van der Waals surface area contributed by atoms with Crippen LogP contribution in [0.1, 0.15) is 12.6 Å². The van der Waals surface area contributed by atoms with Crippen molar-refractivity contribution in [2.24, 2.45) is 0 Å². The molecule has 0 saturated heterocycles. The number of H-pyrrole nitrogens is 1. The number of benzene rings is 1. The highest BCUT2D eigenvalue weighted by Crippen LogP contribution is 2.16. The normalized spacial score (nSPS) is 11.0. The second kappa shape index (κ2) is 3.80. The minimum atomic E-state index is -0.209. The van der Waals surface area contributed by atoms with E-state index in [1.54, 1.807) is 6.07 Å².